The van der Waals surface area contributed by atoms with Gasteiger partial charge < -0.3 is 5.32 Å². The zero-order valence-corrected chi connectivity index (χ0v) is 11.6. The summed E-state index contributed by atoms with van der Waals surface area (Å²) in [5, 5.41) is 7.67. The number of rotatable bonds is 3. The molecule has 0 saturated carbocycles. The van der Waals surface area contributed by atoms with E-state index in [-0.39, 0.29) is 5.69 Å². The van der Waals surface area contributed by atoms with E-state index in [4.69, 9.17) is 0 Å². The highest BCUT2D eigenvalue weighted by Crippen LogP contribution is 2.27. The molecule has 3 aromatic heterocycles. The van der Waals surface area contributed by atoms with Gasteiger partial charge in [-0.2, -0.15) is 5.10 Å². The maximum absolute atomic E-state index is 12.8. The summed E-state index contributed by atoms with van der Waals surface area (Å²) in [5.74, 6) is -0.517. The van der Waals surface area contributed by atoms with Crippen LogP contribution in [0.5, 0.6) is 0 Å². The second-order valence-corrected chi connectivity index (χ2v) is 5.07. The normalized spacial score (nSPS) is 11.2. The van der Waals surface area contributed by atoms with Crippen molar-refractivity contribution < 1.29 is 13.6 Å². The molecule has 0 aliphatic carbocycles. The summed E-state index contributed by atoms with van der Waals surface area (Å²) in [5.41, 5.74) is 0.270. The molecule has 108 valence electrons. The molecule has 0 unspecified atom stereocenters. The predicted octanol–water partition coefficient (Wildman–Crippen LogP) is 2.61. The first-order valence-electron chi connectivity index (χ1n) is 5.87. The standard InChI is InChI=1S/C12H9F2N5OS/c1-19-4-7(9(18-19)10(13)14)17-11(20)6-5-21-12-8(6)15-2-3-16-12/h2-5,10H,1H3,(H,17,20). The third-order valence-corrected chi connectivity index (χ3v) is 3.64. The Hall–Kier alpha value is -2.42. The Balaban J connectivity index is 1.93. The van der Waals surface area contributed by atoms with Crippen LogP contribution in [0.4, 0.5) is 14.5 Å². The van der Waals surface area contributed by atoms with Gasteiger partial charge in [0.15, 0.2) is 5.69 Å². The van der Waals surface area contributed by atoms with Crippen molar-refractivity contribution in [2.45, 2.75) is 6.43 Å². The first-order valence-corrected chi connectivity index (χ1v) is 6.75. The van der Waals surface area contributed by atoms with Crippen molar-refractivity contribution in [2.24, 2.45) is 7.05 Å². The van der Waals surface area contributed by atoms with Crippen molar-refractivity contribution in [3.8, 4) is 0 Å². The van der Waals surface area contributed by atoms with Gasteiger partial charge >= 0.3 is 0 Å². The van der Waals surface area contributed by atoms with Crippen molar-refractivity contribution in [1.29, 1.82) is 0 Å². The average Bonchev–Trinajstić information content (AvgIpc) is 3.02. The summed E-state index contributed by atoms with van der Waals surface area (Å²) in [4.78, 5) is 21.0. The molecule has 0 saturated heterocycles. The number of anilines is 1. The zero-order valence-electron chi connectivity index (χ0n) is 10.7. The molecule has 0 aliphatic heterocycles. The second kappa shape index (κ2) is 5.17. The highest BCUT2D eigenvalue weighted by Gasteiger charge is 2.21. The average molecular weight is 309 g/mol. The van der Waals surface area contributed by atoms with Crippen LogP contribution in [0.15, 0.2) is 24.0 Å². The summed E-state index contributed by atoms with van der Waals surface area (Å²) in [6, 6.07) is 0. The number of hydrogen-bond acceptors (Lipinski definition) is 5. The van der Waals surface area contributed by atoms with E-state index < -0.39 is 18.0 Å². The molecule has 0 aliphatic rings. The maximum Gasteiger partial charge on any atom is 0.284 e. The van der Waals surface area contributed by atoms with Gasteiger partial charge in [-0.25, -0.2) is 13.8 Å². The monoisotopic (exact) mass is 309 g/mol. The van der Waals surface area contributed by atoms with Crippen molar-refractivity contribution >= 4 is 33.3 Å². The van der Waals surface area contributed by atoms with Gasteiger partial charge in [-0.1, -0.05) is 0 Å². The molecule has 1 amide bonds. The van der Waals surface area contributed by atoms with Crippen LogP contribution in [0, 0.1) is 0 Å². The quantitative estimate of drug-likeness (QED) is 0.807. The predicted molar refractivity (Wildman–Crippen MR) is 73.5 cm³/mol. The minimum atomic E-state index is -2.76. The van der Waals surface area contributed by atoms with Crippen molar-refractivity contribution in [1.82, 2.24) is 19.7 Å². The van der Waals surface area contributed by atoms with E-state index in [2.05, 4.69) is 20.4 Å². The fourth-order valence-electron chi connectivity index (χ4n) is 1.88. The van der Waals surface area contributed by atoms with Gasteiger partial charge in [0.1, 0.15) is 10.3 Å². The number of fused-ring (bicyclic) bond motifs is 1. The minimum Gasteiger partial charge on any atom is -0.319 e. The van der Waals surface area contributed by atoms with Gasteiger partial charge in [-0.3, -0.25) is 14.5 Å². The lowest BCUT2D eigenvalue weighted by Crippen LogP contribution is -2.12. The number of thiophene rings is 1. The van der Waals surface area contributed by atoms with Gasteiger partial charge in [-0.05, 0) is 0 Å². The number of alkyl halides is 2. The van der Waals surface area contributed by atoms with Gasteiger partial charge in [0.05, 0.1) is 11.3 Å². The van der Waals surface area contributed by atoms with Crippen LogP contribution >= 0.6 is 11.3 Å². The topological polar surface area (TPSA) is 72.7 Å². The Labute approximate surface area is 121 Å². The van der Waals surface area contributed by atoms with Crippen molar-refractivity contribution in [3.05, 3.63) is 35.2 Å². The minimum absolute atomic E-state index is 0.0132. The van der Waals surface area contributed by atoms with Crippen LogP contribution in [0.3, 0.4) is 0 Å². The lowest BCUT2D eigenvalue weighted by atomic mass is 10.2. The van der Waals surface area contributed by atoms with Crippen LogP contribution in [0.25, 0.3) is 10.3 Å². The van der Waals surface area contributed by atoms with Crippen LogP contribution in [0.2, 0.25) is 0 Å². The Morgan fingerprint density at radius 2 is 2.14 bits per heavy atom. The largest absolute Gasteiger partial charge is 0.319 e. The van der Waals surface area contributed by atoms with E-state index in [0.29, 0.717) is 15.9 Å². The lowest BCUT2D eigenvalue weighted by Gasteiger charge is -2.03. The Morgan fingerprint density at radius 1 is 1.38 bits per heavy atom. The van der Waals surface area contributed by atoms with Crippen molar-refractivity contribution in [3.63, 3.8) is 0 Å². The smallest absolute Gasteiger partial charge is 0.284 e. The number of amides is 1. The molecular formula is C12H9F2N5OS. The summed E-state index contributed by atoms with van der Waals surface area (Å²) >= 11 is 1.27. The third-order valence-electron chi connectivity index (χ3n) is 2.77. The summed E-state index contributed by atoms with van der Waals surface area (Å²) in [7, 11) is 1.51. The van der Waals surface area contributed by atoms with Gasteiger partial charge in [0.25, 0.3) is 12.3 Å². The third kappa shape index (κ3) is 2.47. The van der Waals surface area contributed by atoms with Gasteiger partial charge in [-0.15, -0.1) is 11.3 Å². The summed E-state index contributed by atoms with van der Waals surface area (Å²) in [6.45, 7) is 0. The van der Waals surface area contributed by atoms with E-state index in [1.807, 2.05) is 0 Å². The lowest BCUT2D eigenvalue weighted by molar-refractivity contribution is 0.102. The van der Waals surface area contributed by atoms with E-state index >= 15 is 0 Å². The molecule has 6 nitrogen and oxygen atoms in total. The number of aryl methyl sites for hydroxylation is 1. The number of hydrogen-bond donors (Lipinski definition) is 1. The molecule has 0 spiro atoms. The van der Waals surface area contributed by atoms with E-state index in [0.717, 1.165) is 0 Å². The molecule has 3 heterocycles. The highest BCUT2D eigenvalue weighted by atomic mass is 32.1. The first-order chi connectivity index (χ1) is 10.1. The molecule has 0 fully saturated rings. The second-order valence-electron chi connectivity index (χ2n) is 4.22. The Kier molecular flexibility index (Phi) is 3.34. The molecule has 0 radical (unpaired) electrons. The molecular weight excluding hydrogens is 300 g/mol. The van der Waals surface area contributed by atoms with Gasteiger partial charge in [0, 0.05) is 31.0 Å². The van der Waals surface area contributed by atoms with E-state index in [9.17, 15) is 13.6 Å². The number of carbonyl (C=O) groups is 1. The van der Waals surface area contributed by atoms with Gasteiger partial charge in [0.2, 0.25) is 0 Å². The fraction of sp³-hybridized carbons (Fsp3) is 0.167. The molecule has 21 heavy (non-hydrogen) atoms. The maximum atomic E-state index is 12.8. The number of aromatic nitrogens is 4. The number of halogens is 2. The molecule has 3 aromatic rings. The molecule has 3 rings (SSSR count). The Bertz CT molecular complexity index is 813. The number of carbonyl (C=O) groups excluding carboxylic acids is 1. The first kappa shape index (κ1) is 13.6. The van der Waals surface area contributed by atoms with Crippen LogP contribution in [-0.4, -0.2) is 25.7 Å². The molecule has 9 heteroatoms. The van der Waals surface area contributed by atoms with Crippen LogP contribution in [0.1, 0.15) is 22.5 Å². The zero-order chi connectivity index (χ0) is 15.0. The molecule has 1 N–H and O–H groups in total. The van der Waals surface area contributed by atoms with Crippen LogP contribution < -0.4 is 5.32 Å². The Morgan fingerprint density at radius 3 is 2.90 bits per heavy atom. The van der Waals surface area contributed by atoms with Crippen molar-refractivity contribution in [2.75, 3.05) is 5.32 Å². The van der Waals surface area contributed by atoms with E-state index in [1.165, 1.54) is 41.7 Å². The van der Waals surface area contributed by atoms with E-state index in [1.54, 1.807) is 5.38 Å². The molecule has 0 aromatic carbocycles. The van der Waals surface area contributed by atoms with Crippen LogP contribution in [-0.2, 0) is 7.05 Å². The summed E-state index contributed by atoms with van der Waals surface area (Å²) < 4.78 is 26.9. The summed E-state index contributed by atoms with van der Waals surface area (Å²) in [6.07, 6.45) is 1.57. The molecule has 0 bridgehead atoms. The molecule has 0 atom stereocenters. The fourth-order valence-corrected chi connectivity index (χ4v) is 2.72. The number of nitrogens with zero attached hydrogens (tertiary/aromatic N) is 4. The number of nitrogens with one attached hydrogen (secondary N) is 1. The highest BCUT2D eigenvalue weighted by molar-refractivity contribution is 7.17. The SMILES string of the molecule is Cn1cc(NC(=O)c2csc3nccnc23)c(C(F)F)n1.